The van der Waals surface area contributed by atoms with Crippen LogP contribution in [0, 0.1) is 5.92 Å². The Balaban J connectivity index is 1.49. The Labute approximate surface area is 227 Å². The normalized spacial score (nSPS) is 18.1. The SMILES string of the molecule is CCC(C)CNC(=O)CN1CN(c2ccccc2)C2(CCN(C(=O)c3ccc(C(C)(C)C)cc3)CC2)C1=O. The fourth-order valence-corrected chi connectivity index (χ4v) is 5.36. The van der Waals surface area contributed by atoms with Crippen LogP contribution in [0.5, 0.6) is 0 Å². The van der Waals surface area contributed by atoms with Crippen molar-refractivity contribution in [3.05, 3.63) is 65.7 Å². The number of hydrogen-bond donors (Lipinski definition) is 1. The molecule has 2 aromatic rings. The van der Waals surface area contributed by atoms with Gasteiger partial charge in [-0.25, -0.2) is 0 Å². The third kappa shape index (κ3) is 5.71. The van der Waals surface area contributed by atoms with E-state index in [0.717, 1.165) is 12.1 Å². The molecule has 38 heavy (non-hydrogen) atoms. The van der Waals surface area contributed by atoms with Crippen molar-refractivity contribution in [2.24, 2.45) is 5.92 Å². The predicted octanol–water partition coefficient (Wildman–Crippen LogP) is 4.43. The van der Waals surface area contributed by atoms with Crippen LogP contribution in [0.15, 0.2) is 54.6 Å². The monoisotopic (exact) mass is 518 g/mol. The number of amides is 3. The van der Waals surface area contributed by atoms with Crippen LogP contribution in [-0.4, -0.2) is 65.9 Å². The van der Waals surface area contributed by atoms with Crippen molar-refractivity contribution in [2.45, 2.75) is 64.8 Å². The topological polar surface area (TPSA) is 73.0 Å². The molecule has 1 N–H and O–H groups in total. The second kappa shape index (κ2) is 11.2. The highest BCUT2D eigenvalue weighted by atomic mass is 16.2. The predicted molar refractivity (Wildman–Crippen MR) is 151 cm³/mol. The van der Waals surface area contributed by atoms with E-state index in [1.54, 1.807) is 4.90 Å². The van der Waals surface area contributed by atoms with Crippen LogP contribution in [0.25, 0.3) is 0 Å². The molecule has 2 aliphatic heterocycles. The molecule has 0 bridgehead atoms. The van der Waals surface area contributed by atoms with Crippen LogP contribution in [0.2, 0.25) is 0 Å². The molecule has 7 nitrogen and oxygen atoms in total. The Morgan fingerprint density at radius 3 is 2.21 bits per heavy atom. The zero-order valence-electron chi connectivity index (χ0n) is 23.5. The largest absolute Gasteiger partial charge is 0.354 e. The van der Waals surface area contributed by atoms with Crippen LogP contribution in [0.1, 0.15) is 69.8 Å². The maximum atomic E-state index is 13.9. The van der Waals surface area contributed by atoms with E-state index in [1.807, 2.05) is 59.5 Å². The summed E-state index contributed by atoms with van der Waals surface area (Å²) in [6.45, 7) is 12.7. The van der Waals surface area contributed by atoms with Gasteiger partial charge in [0.2, 0.25) is 5.91 Å². The van der Waals surface area contributed by atoms with Crippen molar-refractivity contribution >= 4 is 23.4 Å². The average Bonchev–Trinajstić information content (AvgIpc) is 3.17. The number of likely N-dealkylation sites (tertiary alicyclic amines) is 1. The molecule has 0 radical (unpaired) electrons. The molecule has 4 rings (SSSR count). The lowest BCUT2D eigenvalue weighted by Gasteiger charge is -2.43. The Hall–Kier alpha value is -3.35. The van der Waals surface area contributed by atoms with Gasteiger partial charge in [-0.1, -0.05) is 71.4 Å². The van der Waals surface area contributed by atoms with E-state index in [1.165, 1.54) is 5.56 Å². The highest BCUT2D eigenvalue weighted by Gasteiger charge is 2.54. The molecule has 0 aliphatic carbocycles. The lowest BCUT2D eigenvalue weighted by molar-refractivity contribution is -0.137. The summed E-state index contributed by atoms with van der Waals surface area (Å²) < 4.78 is 0. The lowest BCUT2D eigenvalue weighted by Crippen LogP contribution is -2.57. The van der Waals surface area contributed by atoms with E-state index in [2.05, 4.69) is 44.8 Å². The molecule has 0 saturated carbocycles. The van der Waals surface area contributed by atoms with Gasteiger partial charge >= 0.3 is 0 Å². The van der Waals surface area contributed by atoms with Gasteiger partial charge in [-0.05, 0) is 54.0 Å². The molecule has 204 valence electrons. The molecule has 1 spiro atoms. The van der Waals surface area contributed by atoms with Crippen LogP contribution in [0.4, 0.5) is 5.69 Å². The van der Waals surface area contributed by atoms with Crippen molar-refractivity contribution in [3.63, 3.8) is 0 Å². The summed E-state index contributed by atoms with van der Waals surface area (Å²) in [7, 11) is 0. The van der Waals surface area contributed by atoms with Crippen LogP contribution < -0.4 is 10.2 Å². The number of carbonyl (C=O) groups excluding carboxylic acids is 3. The van der Waals surface area contributed by atoms with Gasteiger partial charge in [0.1, 0.15) is 12.1 Å². The average molecular weight is 519 g/mol. The summed E-state index contributed by atoms with van der Waals surface area (Å²) in [4.78, 5) is 45.5. The minimum Gasteiger partial charge on any atom is -0.354 e. The number of rotatable bonds is 7. The number of anilines is 1. The van der Waals surface area contributed by atoms with E-state index in [4.69, 9.17) is 0 Å². The summed E-state index contributed by atoms with van der Waals surface area (Å²) in [6, 6.07) is 17.8. The maximum absolute atomic E-state index is 13.9. The third-order valence-electron chi connectivity index (χ3n) is 8.14. The minimum absolute atomic E-state index is 0.00158. The number of carbonyl (C=O) groups is 3. The molecular weight excluding hydrogens is 476 g/mol. The Morgan fingerprint density at radius 2 is 1.63 bits per heavy atom. The van der Waals surface area contributed by atoms with Crippen molar-refractivity contribution in [1.29, 1.82) is 0 Å². The maximum Gasteiger partial charge on any atom is 0.253 e. The molecule has 2 heterocycles. The van der Waals surface area contributed by atoms with Crippen molar-refractivity contribution in [3.8, 4) is 0 Å². The highest BCUT2D eigenvalue weighted by molar-refractivity contribution is 5.97. The van der Waals surface area contributed by atoms with Gasteiger partial charge in [0.05, 0.1) is 6.67 Å². The van der Waals surface area contributed by atoms with E-state index in [0.29, 0.717) is 50.6 Å². The minimum atomic E-state index is -0.759. The number of nitrogens with one attached hydrogen (secondary N) is 1. The molecule has 3 amide bonds. The zero-order chi connectivity index (χ0) is 27.5. The van der Waals surface area contributed by atoms with E-state index >= 15 is 0 Å². The second-order valence-electron chi connectivity index (χ2n) is 11.9. The first kappa shape index (κ1) is 27.7. The number of piperidine rings is 1. The second-order valence-corrected chi connectivity index (χ2v) is 11.9. The standard InChI is InChI=1S/C31H42N4O3/c1-6-23(2)20-32-27(36)21-34-22-35(26-10-8-7-9-11-26)31(29(34)38)16-18-33(19-17-31)28(37)24-12-14-25(15-13-24)30(3,4)5/h7-15,23H,6,16-22H2,1-5H3,(H,32,36). The molecule has 2 fully saturated rings. The highest BCUT2D eigenvalue weighted by Crippen LogP contribution is 2.39. The summed E-state index contributed by atoms with van der Waals surface area (Å²) in [5.74, 6) is 0.238. The zero-order valence-corrected chi connectivity index (χ0v) is 23.5. The van der Waals surface area contributed by atoms with Gasteiger partial charge in [0.25, 0.3) is 11.8 Å². The number of hydrogen-bond acceptors (Lipinski definition) is 4. The van der Waals surface area contributed by atoms with Gasteiger partial charge in [-0.3, -0.25) is 14.4 Å². The van der Waals surface area contributed by atoms with Crippen molar-refractivity contribution in [1.82, 2.24) is 15.1 Å². The van der Waals surface area contributed by atoms with Crippen LogP contribution in [-0.2, 0) is 15.0 Å². The first-order valence-electron chi connectivity index (χ1n) is 13.8. The van der Waals surface area contributed by atoms with Crippen LogP contribution >= 0.6 is 0 Å². The van der Waals surface area contributed by atoms with E-state index < -0.39 is 5.54 Å². The first-order valence-corrected chi connectivity index (χ1v) is 13.8. The number of benzene rings is 2. The number of nitrogens with zero attached hydrogens (tertiary/aromatic N) is 3. The van der Waals surface area contributed by atoms with Gasteiger partial charge in [-0.2, -0.15) is 0 Å². The molecule has 1 unspecified atom stereocenters. The summed E-state index contributed by atoms with van der Waals surface area (Å²) in [5.41, 5.74) is 2.09. The molecule has 2 saturated heterocycles. The summed E-state index contributed by atoms with van der Waals surface area (Å²) in [6.07, 6.45) is 2.04. The molecule has 7 heteroatoms. The first-order chi connectivity index (χ1) is 18.0. The summed E-state index contributed by atoms with van der Waals surface area (Å²) >= 11 is 0. The number of para-hydroxylation sites is 1. The van der Waals surface area contributed by atoms with Gasteiger partial charge in [0, 0.05) is 30.9 Å². The van der Waals surface area contributed by atoms with E-state index in [9.17, 15) is 14.4 Å². The fraction of sp³-hybridized carbons (Fsp3) is 0.516. The Bertz CT molecular complexity index is 1130. The molecule has 1 atom stereocenters. The van der Waals surface area contributed by atoms with E-state index in [-0.39, 0.29) is 29.7 Å². The van der Waals surface area contributed by atoms with Gasteiger partial charge in [0.15, 0.2) is 0 Å². The smallest absolute Gasteiger partial charge is 0.253 e. The Kier molecular flexibility index (Phi) is 8.14. The lowest BCUT2D eigenvalue weighted by atomic mass is 9.84. The third-order valence-corrected chi connectivity index (χ3v) is 8.14. The molecule has 2 aromatic carbocycles. The fourth-order valence-electron chi connectivity index (χ4n) is 5.36. The molecule has 0 aromatic heterocycles. The Morgan fingerprint density at radius 1 is 1.00 bits per heavy atom. The molecular formula is C31H42N4O3. The van der Waals surface area contributed by atoms with Gasteiger partial charge < -0.3 is 20.0 Å². The summed E-state index contributed by atoms with van der Waals surface area (Å²) in [5, 5.41) is 2.98. The van der Waals surface area contributed by atoms with Crippen molar-refractivity contribution < 1.29 is 14.4 Å². The molecule has 2 aliphatic rings. The van der Waals surface area contributed by atoms with Crippen molar-refractivity contribution in [2.75, 3.05) is 37.7 Å². The van der Waals surface area contributed by atoms with Crippen LogP contribution in [0.3, 0.4) is 0 Å². The van der Waals surface area contributed by atoms with Gasteiger partial charge in [-0.15, -0.1) is 0 Å². The quantitative estimate of drug-likeness (QED) is 0.589.